The van der Waals surface area contributed by atoms with E-state index in [1.54, 1.807) is 0 Å². The molecule has 2 aromatic heterocycles. The van der Waals surface area contributed by atoms with Crippen LogP contribution in [0, 0.1) is 13.8 Å². The lowest BCUT2D eigenvalue weighted by Gasteiger charge is -2.26. The van der Waals surface area contributed by atoms with E-state index in [1.165, 1.54) is 43.8 Å². The molecule has 0 aliphatic carbocycles. The van der Waals surface area contributed by atoms with E-state index in [0.717, 1.165) is 28.4 Å². The van der Waals surface area contributed by atoms with Gasteiger partial charge in [-0.1, -0.05) is 83.9 Å². The number of aryl methyl sites for hydroxylation is 2. The summed E-state index contributed by atoms with van der Waals surface area (Å²) in [6, 6.07) is 52.6. The zero-order valence-electron chi connectivity index (χ0n) is 24.3. The molecule has 0 aliphatic rings. The van der Waals surface area contributed by atoms with E-state index < -0.39 is 0 Å². The minimum Gasteiger partial charge on any atom is -0.316 e. The van der Waals surface area contributed by atoms with Gasteiger partial charge >= 0.3 is 0 Å². The van der Waals surface area contributed by atoms with Gasteiger partial charge in [-0.25, -0.2) is 0 Å². The third-order valence-corrected chi connectivity index (χ3v) is 8.47. The molecule has 0 saturated carbocycles. The highest BCUT2D eigenvalue weighted by atomic mass is 15.1. The maximum Gasteiger partial charge on any atom is 0.0635 e. The molecule has 3 heteroatoms. The number of anilines is 3. The van der Waals surface area contributed by atoms with Gasteiger partial charge in [0.1, 0.15) is 0 Å². The predicted molar refractivity (Wildman–Crippen MR) is 182 cm³/mol. The van der Waals surface area contributed by atoms with Crippen molar-refractivity contribution in [2.75, 3.05) is 4.90 Å². The van der Waals surface area contributed by atoms with Crippen molar-refractivity contribution in [3.8, 4) is 11.4 Å². The molecule has 8 rings (SSSR count). The number of fused-ring (bicyclic) bond motifs is 5. The SMILES string of the molecule is Cc1ccc(N(c2ccc(C)cc2)c2cccc(-n3c4ccccc4c4ccc5c(ccn5-c5ccccc5)c43)c2)cc1. The van der Waals surface area contributed by atoms with Crippen LogP contribution < -0.4 is 4.90 Å². The zero-order chi connectivity index (χ0) is 28.9. The third-order valence-electron chi connectivity index (χ3n) is 8.47. The van der Waals surface area contributed by atoms with Gasteiger partial charge in [-0.2, -0.15) is 0 Å². The normalized spacial score (nSPS) is 11.5. The standard InChI is InChI=1S/C40H31N3/c1-28-15-19-31(20-16-28)42(32-21-17-29(2)18-22-32)33-11-8-12-34(27-33)43-39-14-7-6-13-35(39)36-23-24-38-37(40(36)43)25-26-41(38)30-9-4-3-5-10-30/h3-27H,1-2H3. The molecular weight excluding hydrogens is 522 g/mol. The summed E-state index contributed by atoms with van der Waals surface area (Å²) in [6.45, 7) is 4.27. The fraction of sp³-hybridized carbons (Fsp3) is 0.0500. The van der Waals surface area contributed by atoms with Gasteiger partial charge in [0.05, 0.1) is 16.6 Å². The summed E-state index contributed by atoms with van der Waals surface area (Å²) in [5.74, 6) is 0. The molecule has 0 amide bonds. The van der Waals surface area contributed by atoms with Crippen LogP contribution in [0.15, 0.2) is 152 Å². The zero-order valence-corrected chi connectivity index (χ0v) is 24.3. The number of aromatic nitrogens is 2. The highest BCUT2D eigenvalue weighted by Gasteiger charge is 2.19. The quantitative estimate of drug-likeness (QED) is 0.207. The Labute approximate surface area is 251 Å². The molecule has 0 bridgehead atoms. The minimum atomic E-state index is 1.12. The maximum atomic E-state index is 2.44. The number of hydrogen-bond donors (Lipinski definition) is 0. The van der Waals surface area contributed by atoms with Crippen LogP contribution >= 0.6 is 0 Å². The first-order valence-corrected chi connectivity index (χ1v) is 14.8. The summed E-state index contributed by atoms with van der Waals surface area (Å²) < 4.78 is 4.72. The first-order chi connectivity index (χ1) is 21.2. The molecule has 0 saturated heterocycles. The Kier molecular flexibility index (Phi) is 5.90. The van der Waals surface area contributed by atoms with Crippen LogP contribution in [0.25, 0.3) is 44.1 Å². The first-order valence-electron chi connectivity index (χ1n) is 14.8. The van der Waals surface area contributed by atoms with E-state index in [0.29, 0.717) is 0 Å². The van der Waals surface area contributed by atoms with Gasteiger partial charge in [-0.15, -0.1) is 0 Å². The van der Waals surface area contributed by atoms with Gasteiger partial charge in [0.15, 0.2) is 0 Å². The second kappa shape index (κ2) is 10.1. The Morgan fingerprint density at radius 2 is 1.09 bits per heavy atom. The van der Waals surface area contributed by atoms with Crippen molar-refractivity contribution in [3.05, 3.63) is 163 Å². The number of nitrogens with zero attached hydrogens (tertiary/aromatic N) is 3. The maximum absolute atomic E-state index is 2.44. The molecular formula is C40H31N3. The summed E-state index contributed by atoms with van der Waals surface area (Å²) in [5.41, 5.74) is 11.8. The van der Waals surface area contributed by atoms with Gasteiger partial charge in [-0.3, -0.25) is 0 Å². The summed E-state index contributed by atoms with van der Waals surface area (Å²) in [7, 11) is 0. The van der Waals surface area contributed by atoms with Gasteiger partial charge in [0.25, 0.3) is 0 Å². The van der Waals surface area contributed by atoms with Crippen LogP contribution in [0.5, 0.6) is 0 Å². The highest BCUT2D eigenvalue weighted by Crippen LogP contribution is 2.40. The Bertz CT molecular complexity index is 2190. The third kappa shape index (κ3) is 4.21. The molecule has 0 unspecified atom stereocenters. The molecule has 0 radical (unpaired) electrons. The molecule has 0 atom stereocenters. The van der Waals surface area contributed by atoms with Gasteiger partial charge in [0.2, 0.25) is 0 Å². The van der Waals surface area contributed by atoms with Crippen molar-refractivity contribution in [1.29, 1.82) is 0 Å². The van der Waals surface area contributed by atoms with Crippen molar-refractivity contribution in [1.82, 2.24) is 9.13 Å². The molecule has 0 spiro atoms. The van der Waals surface area contributed by atoms with E-state index in [1.807, 2.05) is 0 Å². The lowest BCUT2D eigenvalue weighted by atomic mass is 10.1. The average Bonchev–Trinajstić information content (AvgIpc) is 3.63. The van der Waals surface area contributed by atoms with E-state index in [-0.39, 0.29) is 0 Å². The molecule has 0 aliphatic heterocycles. The number of hydrogen-bond acceptors (Lipinski definition) is 1. The average molecular weight is 554 g/mol. The number of benzene rings is 6. The molecule has 206 valence electrons. The summed E-state index contributed by atoms with van der Waals surface area (Å²) in [6.07, 6.45) is 2.19. The lowest BCUT2D eigenvalue weighted by Crippen LogP contribution is -2.10. The molecule has 2 heterocycles. The largest absolute Gasteiger partial charge is 0.316 e. The molecule has 6 aromatic carbocycles. The van der Waals surface area contributed by atoms with Crippen LogP contribution in [0.1, 0.15) is 11.1 Å². The van der Waals surface area contributed by atoms with Crippen molar-refractivity contribution in [3.63, 3.8) is 0 Å². The summed E-state index contributed by atoms with van der Waals surface area (Å²) in [4.78, 5) is 2.34. The van der Waals surface area contributed by atoms with Crippen molar-refractivity contribution >= 4 is 49.8 Å². The molecule has 0 fully saturated rings. The summed E-state index contributed by atoms with van der Waals surface area (Å²) >= 11 is 0. The van der Waals surface area contributed by atoms with Crippen molar-refractivity contribution in [2.45, 2.75) is 13.8 Å². The Morgan fingerprint density at radius 1 is 0.442 bits per heavy atom. The first kappa shape index (κ1) is 25.2. The fourth-order valence-corrected chi connectivity index (χ4v) is 6.36. The molecule has 8 aromatic rings. The lowest BCUT2D eigenvalue weighted by molar-refractivity contribution is 1.13. The number of rotatable bonds is 5. The predicted octanol–water partition coefficient (Wildman–Crippen LogP) is 10.8. The second-order valence-electron chi connectivity index (χ2n) is 11.3. The molecule has 3 nitrogen and oxygen atoms in total. The fourth-order valence-electron chi connectivity index (χ4n) is 6.36. The van der Waals surface area contributed by atoms with Crippen LogP contribution in [0.4, 0.5) is 17.1 Å². The Morgan fingerprint density at radius 3 is 1.81 bits per heavy atom. The van der Waals surface area contributed by atoms with Crippen molar-refractivity contribution in [2.24, 2.45) is 0 Å². The Hall–Kier alpha value is -5.54. The van der Waals surface area contributed by atoms with Crippen LogP contribution in [0.2, 0.25) is 0 Å². The second-order valence-corrected chi connectivity index (χ2v) is 11.3. The van der Waals surface area contributed by atoms with E-state index >= 15 is 0 Å². The van der Waals surface area contributed by atoms with E-state index in [9.17, 15) is 0 Å². The topological polar surface area (TPSA) is 13.1 Å². The van der Waals surface area contributed by atoms with E-state index in [4.69, 9.17) is 0 Å². The highest BCUT2D eigenvalue weighted by molar-refractivity contribution is 6.18. The van der Waals surface area contributed by atoms with Gasteiger partial charge in [0, 0.05) is 50.8 Å². The molecule has 43 heavy (non-hydrogen) atoms. The molecule has 0 N–H and O–H groups in total. The van der Waals surface area contributed by atoms with Crippen molar-refractivity contribution < 1.29 is 0 Å². The smallest absolute Gasteiger partial charge is 0.0635 e. The van der Waals surface area contributed by atoms with Crippen LogP contribution in [-0.4, -0.2) is 9.13 Å². The van der Waals surface area contributed by atoms with Crippen LogP contribution in [-0.2, 0) is 0 Å². The minimum absolute atomic E-state index is 1.12. The van der Waals surface area contributed by atoms with E-state index in [2.05, 4.69) is 180 Å². The van der Waals surface area contributed by atoms with Gasteiger partial charge < -0.3 is 14.0 Å². The summed E-state index contributed by atoms with van der Waals surface area (Å²) in [5, 5.41) is 3.75. The number of para-hydroxylation sites is 2. The monoisotopic (exact) mass is 553 g/mol. The van der Waals surface area contributed by atoms with Gasteiger partial charge in [-0.05, 0) is 86.6 Å². The Balaban J connectivity index is 1.38. The van der Waals surface area contributed by atoms with Crippen LogP contribution in [0.3, 0.4) is 0 Å².